The van der Waals surface area contributed by atoms with E-state index in [2.05, 4.69) is 5.32 Å². The molecule has 0 spiro atoms. The van der Waals surface area contributed by atoms with E-state index in [4.69, 9.17) is 23.2 Å². The lowest BCUT2D eigenvalue weighted by Gasteiger charge is -2.30. The lowest BCUT2D eigenvalue weighted by molar-refractivity contribution is -0.137. The van der Waals surface area contributed by atoms with E-state index in [9.17, 15) is 30.8 Å². The number of nitrogens with one attached hydrogen (secondary N) is 1. The lowest BCUT2D eigenvalue weighted by atomic mass is 9.97. The molecule has 0 radical (unpaired) electrons. The molecule has 12 heteroatoms. The van der Waals surface area contributed by atoms with Crippen LogP contribution in [0.3, 0.4) is 0 Å². The summed E-state index contributed by atoms with van der Waals surface area (Å²) in [5.41, 5.74) is -0.935. The lowest BCUT2D eigenvalue weighted by Crippen LogP contribution is -2.41. The van der Waals surface area contributed by atoms with Gasteiger partial charge in [-0.1, -0.05) is 23.2 Å². The highest BCUT2D eigenvalue weighted by Crippen LogP contribution is 2.37. The first-order chi connectivity index (χ1) is 14.4. The summed E-state index contributed by atoms with van der Waals surface area (Å²) in [5, 5.41) is 1.85. The summed E-state index contributed by atoms with van der Waals surface area (Å²) in [4.78, 5) is 11.9. The maximum atomic E-state index is 13.2. The predicted octanol–water partition coefficient (Wildman–Crippen LogP) is 5.19. The molecule has 31 heavy (non-hydrogen) atoms. The highest BCUT2D eigenvalue weighted by Gasteiger charge is 2.37. The number of benzene rings is 2. The molecule has 0 unspecified atom stereocenters. The van der Waals surface area contributed by atoms with E-state index in [0.717, 1.165) is 22.5 Å². The Labute approximate surface area is 186 Å². The molecule has 0 saturated carbocycles. The van der Waals surface area contributed by atoms with Crippen LogP contribution >= 0.6 is 23.2 Å². The van der Waals surface area contributed by atoms with Crippen LogP contribution in [0.2, 0.25) is 10.0 Å². The van der Waals surface area contributed by atoms with Crippen LogP contribution in [0.5, 0.6) is 0 Å². The second kappa shape index (κ2) is 8.93. The fraction of sp³-hybridized carbons (Fsp3) is 0.316. The SMILES string of the molecule is O=C(Nc1ccc(F)c(Cl)c1)C1CCN(S(=O)(=O)c2ccc(Cl)c(C(F)(F)F)c2)CC1. The highest BCUT2D eigenvalue weighted by atomic mass is 35.5. The Kier molecular flexibility index (Phi) is 6.85. The highest BCUT2D eigenvalue weighted by molar-refractivity contribution is 7.89. The molecule has 0 aromatic heterocycles. The number of piperidine rings is 1. The van der Waals surface area contributed by atoms with Crippen molar-refractivity contribution in [3.8, 4) is 0 Å². The summed E-state index contributed by atoms with van der Waals surface area (Å²) in [6.07, 6.45) is -4.46. The number of halogens is 6. The van der Waals surface area contributed by atoms with Gasteiger partial charge in [0.05, 0.1) is 20.5 Å². The van der Waals surface area contributed by atoms with Crippen molar-refractivity contribution in [2.75, 3.05) is 18.4 Å². The number of amides is 1. The van der Waals surface area contributed by atoms with Crippen molar-refractivity contribution in [1.29, 1.82) is 0 Å². The van der Waals surface area contributed by atoms with Crippen LogP contribution in [-0.4, -0.2) is 31.7 Å². The molecule has 3 rings (SSSR count). The van der Waals surface area contributed by atoms with Crippen LogP contribution in [0, 0.1) is 11.7 Å². The van der Waals surface area contributed by atoms with Crippen LogP contribution in [0.4, 0.5) is 23.2 Å². The van der Waals surface area contributed by atoms with Crippen LogP contribution in [0.1, 0.15) is 18.4 Å². The van der Waals surface area contributed by atoms with Crippen molar-refractivity contribution in [3.05, 3.63) is 57.8 Å². The maximum Gasteiger partial charge on any atom is 0.417 e. The Bertz CT molecular complexity index is 1100. The van der Waals surface area contributed by atoms with E-state index in [1.54, 1.807) is 0 Å². The van der Waals surface area contributed by atoms with Crippen molar-refractivity contribution in [2.45, 2.75) is 23.9 Å². The summed E-state index contributed by atoms with van der Waals surface area (Å²) in [6, 6.07) is 6.13. The normalized spacial score (nSPS) is 16.3. The van der Waals surface area contributed by atoms with Gasteiger partial charge in [-0.25, -0.2) is 12.8 Å². The number of rotatable bonds is 4. The summed E-state index contributed by atoms with van der Waals surface area (Å²) in [6.45, 7) is -0.0941. The number of carbonyl (C=O) groups is 1. The average molecular weight is 499 g/mol. The Morgan fingerprint density at radius 1 is 1.03 bits per heavy atom. The first kappa shape index (κ1) is 23.8. The Hall–Kier alpha value is -1.88. The van der Waals surface area contributed by atoms with Gasteiger partial charge in [-0.15, -0.1) is 0 Å². The van der Waals surface area contributed by atoms with Gasteiger partial charge in [0.25, 0.3) is 0 Å². The largest absolute Gasteiger partial charge is 0.417 e. The van der Waals surface area contributed by atoms with E-state index in [1.807, 2.05) is 0 Å². The first-order valence-corrected chi connectivity index (χ1v) is 11.2. The molecule has 0 bridgehead atoms. The molecule has 1 aliphatic heterocycles. The molecule has 0 atom stereocenters. The third-order valence-corrected chi connectivity index (χ3v) is 7.41. The molecule has 0 aliphatic carbocycles. The van der Waals surface area contributed by atoms with E-state index in [1.165, 1.54) is 12.1 Å². The average Bonchev–Trinajstić information content (AvgIpc) is 2.70. The number of carbonyl (C=O) groups excluding carboxylic acids is 1. The second-order valence-corrected chi connectivity index (χ2v) is 9.69. The van der Waals surface area contributed by atoms with E-state index < -0.39 is 43.4 Å². The maximum absolute atomic E-state index is 13.2. The van der Waals surface area contributed by atoms with Crippen LogP contribution in [-0.2, 0) is 21.0 Å². The predicted molar refractivity (Wildman–Crippen MR) is 108 cm³/mol. The van der Waals surface area contributed by atoms with Gasteiger partial charge in [-0.05, 0) is 49.2 Å². The fourth-order valence-electron chi connectivity index (χ4n) is 3.21. The van der Waals surface area contributed by atoms with E-state index in [0.29, 0.717) is 11.8 Å². The zero-order valence-corrected chi connectivity index (χ0v) is 18.0. The molecule has 2 aromatic carbocycles. The molecule has 168 valence electrons. The Morgan fingerprint density at radius 3 is 2.26 bits per heavy atom. The summed E-state index contributed by atoms with van der Waals surface area (Å²) >= 11 is 11.2. The number of hydrogen-bond donors (Lipinski definition) is 1. The second-order valence-electron chi connectivity index (χ2n) is 6.94. The quantitative estimate of drug-likeness (QED) is 0.589. The molecular formula is C19H16Cl2F4N2O3S. The van der Waals surface area contributed by atoms with Gasteiger partial charge in [-0.3, -0.25) is 4.79 Å². The molecule has 1 aliphatic rings. The molecule has 5 nitrogen and oxygen atoms in total. The van der Waals surface area contributed by atoms with Crippen molar-refractivity contribution >= 4 is 44.8 Å². The number of sulfonamides is 1. The van der Waals surface area contributed by atoms with Gasteiger partial charge in [0.1, 0.15) is 5.82 Å². The molecular weight excluding hydrogens is 483 g/mol. The fourth-order valence-corrected chi connectivity index (χ4v) is 5.11. The minimum absolute atomic E-state index is 0.0471. The smallest absolute Gasteiger partial charge is 0.326 e. The van der Waals surface area contributed by atoms with Gasteiger partial charge in [0.15, 0.2) is 0 Å². The number of nitrogens with zero attached hydrogens (tertiary/aromatic N) is 1. The monoisotopic (exact) mass is 498 g/mol. The number of hydrogen-bond acceptors (Lipinski definition) is 3. The minimum Gasteiger partial charge on any atom is -0.326 e. The van der Waals surface area contributed by atoms with Crippen LogP contribution in [0.25, 0.3) is 0 Å². The zero-order valence-electron chi connectivity index (χ0n) is 15.7. The third-order valence-electron chi connectivity index (χ3n) is 4.89. The van der Waals surface area contributed by atoms with Gasteiger partial charge in [-0.2, -0.15) is 17.5 Å². The zero-order chi connectivity index (χ0) is 23.0. The molecule has 1 heterocycles. The van der Waals surface area contributed by atoms with Gasteiger partial charge < -0.3 is 5.32 Å². The van der Waals surface area contributed by atoms with Crippen molar-refractivity contribution < 1.29 is 30.8 Å². The van der Waals surface area contributed by atoms with E-state index >= 15 is 0 Å². The summed E-state index contributed by atoms with van der Waals surface area (Å²) < 4.78 is 79.0. The van der Waals surface area contributed by atoms with Crippen LogP contribution in [0.15, 0.2) is 41.3 Å². The van der Waals surface area contributed by atoms with Gasteiger partial charge in [0.2, 0.25) is 15.9 Å². The third kappa shape index (κ3) is 5.31. The summed E-state index contributed by atoms with van der Waals surface area (Å²) in [7, 11) is -4.20. The summed E-state index contributed by atoms with van der Waals surface area (Å²) in [5.74, 6) is -1.54. The molecule has 1 fully saturated rings. The van der Waals surface area contributed by atoms with Crippen LogP contribution < -0.4 is 5.32 Å². The Morgan fingerprint density at radius 2 is 1.68 bits per heavy atom. The van der Waals surface area contributed by atoms with Gasteiger partial charge >= 0.3 is 6.18 Å². The minimum atomic E-state index is -4.79. The topological polar surface area (TPSA) is 66.5 Å². The van der Waals surface area contributed by atoms with Crippen molar-refractivity contribution in [2.24, 2.45) is 5.92 Å². The Balaban J connectivity index is 1.68. The number of alkyl halides is 3. The van der Waals surface area contributed by atoms with Crippen molar-refractivity contribution in [1.82, 2.24) is 4.31 Å². The molecule has 2 aromatic rings. The molecule has 1 N–H and O–H groups in total. The number of anilines is 1. The van der Waals surface area contributed by atoms with Gasteiger partial charge in [0, 0.05) is 24.7 Å². The van der Waals surface area contributed by atoms with Crippen molar-refractivity contribution in [3.63, 3.8) is 0 Å². The first-order valence-electron chi connectivity index (χ1n) is 9.02. The van der Waals surface area contributed by atoms with E-state index in [-0.39, 0.29) is 36.9 Å². The standard InChI is InChI=1S/C19H16Cl2F4N2O3S/c20-15-3-2-13(10-14(15)19(23,24)25)31(29,30)27-7-5-11(6-8-27)18(28)26-12-1-4-17(22)16(21)9-12/h1-4,9-11H,5-8H2,(H,26,28). The molecule has 1 saturated heterocycles. The molecule has 1 amide bonds.